The molecule has 1 rings (SSSR count). The number of amides is 1. The predicted molar refractivity (Wildman–Crippen MR) is 57.6 cm³/mol. The lowest BCUT2D eigenvalue weighted by atomic mass is 9.83. The molecule has 0 aliphatic heterocycles. The molecule has 1 atom stereocenters. The van der Waals surface area contributed by atoms with Gasteiger partial charge in [0.1, 0.15) is 5.41 Å². The Morgan fingerprint density at radius 2 is 2.27 bits per heavy atom. The molecule has 0 radical (unpaired) electrons. The van der Waals surface area contributed by atoms with E-state index in [9.17, 15) is 4.79 Å². The molecule has 1 aliphatic carbocycles. The van der Waals surface area contributed by atoms with E-state index in [0.717, 1.165) is 19.3 Å². The van der Waals surface area contributed by atoms with E-state index in [1.165, 1.54) is 0 Å². The number of amidine groups is 1. The van der Waals surface area contributed by atoms with E-state index in [2.05, 4.69) is 10.5 Å². The van der Waals surface area contributed by atoms with Crippen molar-refractivity contribution in [3.05, 3.63) is 0 Å². The standard InChI is InChI=1S/C10H19N3O2/c1-3-10(2,8(11)13-15)9(14)12-7-5-4-6-7/h7,15H,3-6H2,1-2H3,(H2,11,13)(H,12,14). The second kappa shape index (κ2) is 4.51. The summed E-state index contributed by atoms with van der Waals surface area (Å²) in [6, 6.07) is 0.273. The summed E-state index contributed by atoms with van der Waals surface area (Å²) >= 11 is 0. The Balaban J connectivity index is 2.67. The Morgan fingerprint density at radius 1 is 1.67 bits per heavy atom. The van der Waals surface area contributed by atoms with E-state index < -0.39 is 5.41 Å². The van der Waals surface area contributed by atoms with E-state index >= 15 is 0 Å². The molecule has 0 bridgehead atoms. The summed E-state index contributed by atoms with van der Waals surface area (Å²) in [5.41, 5.74) is 4.64. The maximum atomic E-state index is 11.9. The van der Waals surface area contributed by atoms with Gasteiger partial charge in [-0.25, -0.2) is 0 Å². The fourth-order valence-electron chi connectivity index (χ4n) is 1.47. The van der Waals surface area contributed by atoms with Crippen LogP contribution in [0.5, 0.6) is 0 Å². The first kappa shape index (κ1) is 11.8. The van der Waals surface area contributed by atoms with Crippen molar-refractivity contribution in [3.63, 3.8) is 0 Å². The van der Waals surface area contributed by atoms with E-state index in [0.29, 0.717) is 6.42 Å². The Hall–Kier alpha value is -1.26. The Labute approximate surface area is 89.7 Å². The van der Waals surface area contributed by atoms with Crippen LogP contribution >= 0.6 is 0 Å². The van der Waals surface area contributed by atoms with Crippen LogP contribution in [0, 0.1) is 5.41 Å². The first-order valence-corrected chi connectivity index (χ1v) is 5.33. The third-order valence-corrected chi connectivity index (χ3v) is 3.32. The van der Waals surface area contributed by atoms with Gasteiger partial charge in [-0.1, -0.05) is 12.1 Å². The molecule has 1 saturated carbocycles. The molecule has 1 unspecified atom stereocenters. The lowest BCUT2D eigenvalue weighted by molar-refractivity contribution is -0.128. The molecule has 0 aromatic rings. The van der Waals surface area contributed by atoms with Crippen molar-refractivity contribution in [2.75, 3.05) is 0 Å². The lowest BCUT2D eigenvalue weighted by Crippen LogP contribution is -2.51. The Morgan fingerprint density at radius 3 is 2.60 bits per heavy atom. The Kier molecular flexibility index (Phi) is 3.55. The van der Waals surface area contributed by atoms with Crippen LogP contribution < -0.4 is 11.1 Å². The van der Waals surface area contributed by atoms with Gasteiger partial charge in [0.05, 0.1) is 0 Å². The average Bonchev–Trinajstić information content (AvgIpc) is 2.20. The minimum atomic E-state index is -0.898. The fraction of sp³-hybridized carbons (Fsp3) is 0.800. The summed E-state index contributed by atoms with van der Waals surface area (Å²) in [4.78, 5) is 11.9. The normalized spacial score (nSPS) is 21.6. The van der Waals surface area contributed by atoms with Crippen molar-refractivity contribution in [1.82, 2.24) is 5.32 Å². The van der Waals surface area contributed by atoms with Gasteiger partial charge >= 0.3 is 0 Å². The zero-order chi connectivity index (χ0) is 11.5. The van der Waals surface area contributed by atoms with Gasteiger partial charge in [-0.2, -0.15) is 0 Å². The number of hydrogen-bond acceptors (Lipinski definition) is 3. The summed E-state index contributed by atoms with van der Waals surface area (Å²) in [6.45, 7) is 3.54. The third kappa shape index (κ3) is 2.22. The number of carbonyl (C=O) groups is 1. The smallest absolute Gasteiger partial charge is 0.233 e. The van der Waals surface area contributed by atoms with Crippen LogP contribution in [0.25, 0.3) is 0 Å². The molecule has 0 aromatic heterocycles. The second-order valence-electron chi connectivity index (χ2n) is 4.27. The zero-order valence-electron chi connectivity index (χ0n) is 9.29. The summed E-state index contributed by atoms with van der Waals surface area (Å²) in [5.74, 6) is -0.174. The van der Waals surface area contributed by atoms with Crippen molar-refractivity contribution in [2.45, 2.75) is 45.6 Å². The Bertz CT molecular complexity index is 274. The van der Waals surface area contributed by atoms with Gasteiger partial charge in [-0.3, -0.25) is 4.79 Å². The minimum Gasteiger partial charge on any atom is -0.409 e. The number of rotatable bonds is 4. The van der Waals surface area contributed by atoms with Crippen molar-refractivity contribution in [1.29, 1.82) is 0 Å². The molecular formula is C10H19N3O2. The summed E-state index contributed by atoms with van der Waals surface area (Å²) in [5, 5.41) is 14.5. The van der Waals surface area contributed by atoms with E-state index in [1.807, 2.05) is 6.92 Å². The summed E-state index contributed by atoms with van der Waals surface area (Å²) in [7, 11) is 0. The van der Waals surface area contributed by atoms with Crippen LogP contribution in [-0.4, -0.2) is 23.0 Å². The van der Waals surface area contributed by atoms with Gasteiger partial charge in [0, 0.05) is 6.04 Å². The molecule has 0 saturated heterocycles. The molecule has 1 amide bonds. The first-order chi connectivity index (χ1) is 7.04. The van der Waals surface area contributed by atoms with E-state index in [1.54, 1.807) is 6.92 Å². The van der Waals surface area contributed by atoms with Crippen molar-refractivity contribution in [2.24, 2.45) is 16.3 Å². The maximum Gasteiger partial charge on any atom is 0.233 e. The first-order valence-electron chi connectivity index (χ1n) is 5.33. The molecule has 1 fully saturated rings. The van der Waals surface area contributed by atoms with Crippen LogP contribution in [0.3, 0.4) is 0 Å². The fourth-order valence-corrected chi connectivity index (χ4v) is 1.47. The number of hydrogen-bond donors (Lipinski definition) is 3. The zero-order valence-corrected chi connectivity index (χ0v) is 9.29. The molecule has 5 heteroatoms. The number of carbonyl (C=O) groups excluding carboxylic acids is 1. The van der Waals surface area contributed by atoms with Crippen LogP contribution in [0.4, 0.5) is 0 Å². The van der Waals surface area contributed by atoms with Gasteiger partial charge in [0.15, 0.2) is 5.84 Å². The highest BCUT2D eigenvalue weighted by molar-refractivity contribution is 6.06. The van der Waals surface area contributed by atoms with Crippen LogP contribution in [0.2, 0.25) is 0 Å². The molecule has 4 N–H and O–H groups in total. The molecule has 5 nitrogen and oxygen atoms in total. The third-order valence-electron chi connectivity index (χ3n) is 3.32. The van der Waals surface area contributed by atoms with Crippen molar-refractivity contribution < 1.29 is 10.0 Å². The predicted octanol–water partition coefficient (Wildman–Crippen LogP) is 0.818. The van der Waals surface area contributed by atoms with Gasteiger partial charge < -0.3 is 16.3 Å². The van der Waals surface area contributed by atoms with E-state index in [-0.39, 0.29) is 17.8 Å². The molecule has 0 heterocycles. The SMILES string of the molecule is CCC(C)(C(=O)NC1CCC1)C(N)=NO. The molecule has 86 valence electrons. The minimum absolute atomic E-state index is 0.0261. The topological polar surface area (TPSA) is 87.7 Å². The molecular weight excluding hydrogens is 194 g/mol. The van der Waals surface area contributed by atoms with Gasteiger partial charge in [-0.15, -0.1) is 0 Å². The monoisotopic (exact) mass is 213 g/mol. The van der Waals surface area contributed by atoms with Gasteiger partial charge in [0.2, 0.25) is 5.91 Å². The number of nitrogens with two attached hydrogens (primary N) is 1. The highest BCUT2D eigenvalue weighted by atomic mass is 16.4. The largest absolute Gasteiger partial charge is 0.409 e. The van der Waals surface area contributed by atoms with Crippen LogP contribution in [0.15, 0.2) is 5.16 Å². The summed E-state index contributed by atoms with van der Waals surface area (Å²) < 4.78 is 0. The van der Waals surface area contributed by atoms with Crippen LogP contribution in [-0.2, 0) is 4.79 Å². The van der Waals surface area contributed by atoms with Gasteiger partial charge in [-0.05, 0) is 32.6 Å². The van der Waals surface area contributed by atoms with E-state index in [4.69, 9.17) is 10.9 Å². The quantitative estimate of drug-likeness (QED) is 0.279. The number of oxime groups is 1. The van der Waals surface area contributed by atoms with Crippen molar-refractivity contribution >= 4 is 11.7 Å². The molecule has 15 heavy (non-hydrogen) atoms. The maximum absolute atomic E-state index is 11.9. The molecule has 0 spiro atoms. The van der Waals surface area contributed by atoms with Gasteiger partial charge in [0.25, 0.3) is 0 Å². The number of nitrogens with zero attached hydrogens (tertiary/aromatic N) is 1. The highest BCUT2D eigenvalue weighted by Crippen LogP contribution is 2.24. The molecule has 0 aromatic carbocycles. The lowest BCUT2D eigenvalue weighted by Gasteiger charge is -2.32. The second-order valence-corrected chi connectivity index (χ2v) is 4.27. The highest BCUT2D eigenvalue weighted by Gasteiger charge is 2.37. The average molecular weight is 213 g/mol. The molecule has 1 aliphatic rings. The van der Waals surface area contributed by atoms with Crippen LogP contribution in [0.1, 0.15) is 39.5 Å². The number of nitrogens with one attached hydrogen (secondary N) is 1. The van der Waals surface area contributed by atoms with Crippen molar-refractivity contribution in [3.8, 4) is 0 Å². The summed E-state index contributed by atoms with van der Waals surface area (Å²) in [6.07, 6.45) is 3.74.